The number of rotatable bonds is 4. The Kier molecular flexibility index (Phi) is 3.95. The van der Waals surface area contributed by atoms with Crippen LogP contribution < -0.4 is 5.32 Å². The molecule has 1 atom stereocenters. The van der Waals surface area contributed by atoms with Gasteiger partial charge in [0.05, 0.1) is 17.3 Å². The first kappa shape index (κ1) is 12.0. The standard InChI is InChI=1S/C12H20N2OS/c1-10-14-11(7-16-10)6-12(8-13-2)4-3-5-15-9-12/h7,13H,3-6,8-9H2,1-2H3. The molecule has 1 fully saturated rings. The highest BCUT2D eigenvalue weighted by Gasteiger charge is 2.33. The number of nitrogens with one attached hydrogen (secondary N) is 1. The lowest BCUT2D eigenvalue weighted by Gasteiger charge is -2.36. The maximum Gasteiger partial charge on any atom is 0.0897 e. The Balaban J connectivity index is 2.06. The van der Waals surface area contributed by atoms with Crippen molar-refractivity contribution in [1.29, 1.82) is 0 Å². The summed E-state index contributed by atoms with van der Waals surface area (Å²) in [6.07, 6.45) is 3.45. The third kappa shape index (κ3) is 2.81. The van der Waals surface area contributed by atoms with E-state index in [0.29, 0.717) is 0 Å². The summed E-state index contributed by atoms with van der Waals surface area (Å²) < 4.78 is 5.65. The second-order valence-corrected chi connectivity index (χ2v) is 5.78. The van der Waals surface area contributed by atoms with Gasteiger partial charge in [-0.2, -0.15) is 0 Å². The van der Waals surface area contributed by atoms with Gasteiger partial charge in [0.1, 0.15) is 0 Å². The minimum absolute atomic E-state index is 0.257. The Bertz CT molecular complexity index is 326. The summed E-state index contributed by atoms with van der Waals surface area (Å²) in [5.41, 5.74) is 1.48. The molecule has 1 aromatic heterocycles. The number of aryl methyl sites for hydroxylation is 1. The lowest BCUT2D eigenvalue weighted by molar-refractivity contribution is -0.00666. The molecule has 1 unspecified atom stereocenters. The average Bonchev–Trinajstić information content (AvgIpc) is 2.65. The molecule has 4 heteroatoms. The number of hydrogen-bond acceptors (Lipinski definition) is 4. The maximum absolute atomic E-state index is 5.65. The van der Waals surface area contributed by atoms with E-state index >= 15 is 0 Å². The second kappa shape index (κ2) is 5.25. The number of thiazole rings is 1. The van der Waals surface area contributed by atoms with Crippen molar-refractivity contribution in [2.45, 2.75) is 26.2 Å². The molecular formula is C12H20N2OS. The molecule has 0 amide bonds. The van der Waals surface area contributed by atoms with E-state index in [0.717, 1.165) is 31.2 Å². The van der Waals surface area contributed by atoms with Gasteiger partial charge in [0.25, 0.3) is 0 Å². The predicted molar refractivity (Wildman–Crippen MR) is 67.0 cm³/mol. The van der Waals surface area contributed by atoms with Crippen LogP contribution in [0.25, 0.3) is 0 Å². The number of aromatic nitrogens is 1. The van der Waals surface area contributed by atoms with Crippen LogP contribution in [0.2, 0.25) is 0 Å². The topological polar surface area (TPSA) is 34.2 Å². The highest BCUT2D eigenvalue weighted by atomic mass is 32.1. The Morgan fingerprint density at radius 1 is 1.62 bits per heavy atom. The summed E-state index contributed by atoms with van der Waals surface area (Å²) in [6, 6.07) is 0. The van der Waals surface area contributed by atoms with Crippen molar-refractivity contribution in [3.05, 3.63) is 16.1 Å². The van der Waals surface area contributed by atoms with Crippen molar-refractivity contribution < 1.29 is 4.74 Å². The van der Waals surface area contributed by atoms with E-state index in [1.165, 1.54) is 18.5 Å². The van der Waals surface area contributed by atoms with Crippen LogP contribution in [0.1, 0.15) is 23.5 Å². The van der Waals surface area contributed by atoms with E-state index in [2.05, 4.69) is 22.6 Å². The Morgan fingerprint density at radius 2 is 2.50 bits per heavy atom. The molecule has 0 spiro atoms. The van der Waals surface area contributed by atoms with E-state index in [1.54, 1.807) is 11.3 Å². The van der Waals surface area contributed by atoms with E-state index in [-0.39, 0.29) is 5.41 Å². The fourth-order valence-corrected chi connectivity index (χ4v) is 3.11. The fourth-order valence-electron chi connectivity index (χ4n) is 2.50. The summed E-state index contributed by atoms with van der Waals surface area (Å²) in [5, 5.41) is 6.64. The predicted octanol–water partition coefficient (Wildman–Crippen LogP) is 2.01. The first-order valence-electron chi connectivity index (χ1n) is 5.87. The van der Waals surface area contributed by atoms with Crippen LogP contribution in [-0.4, -0.2) is 31.8 Å². The highest BCUT2D eigenvalue weighted by Crippen LogP contribution is 2.32. The van der Waals surface area contributed by atoms with Crippen LogP contribution in [0, 0.1) is 12.3 Å². The van der Waals surface area contributed by atoms with E-state index in [1.807, 2.05) is 7.05 Å². The molecule has 1 aliphatic heterocycles. The SMILES string of the molecule is CNCC1(Cc2csc(C)n2)CCCOC1. The Labute approximate surface area is 101 Å². The zero-order chi connectivity index (χ0) is 11.4. The zero-order valence-electron chi connectivity index (χ0n) is 10.1. The monoisotopic (exact) mass is 240 g/mol. The van der Waals surface area contributed by atoms with Gasteiger partial charge in [0, 0.05) is 23.9 Å². The Morgan fingerprint density at radius 3 is 3.06 bits per heavy atom. The van der Waals surface area contributed by atoms with Crippen molar-refractivity contribution in [3.63, 3.8) is 0 Å². The van der Waals surface area contributed by atoms with Crippen molar-refractivity contribution in [1.82, 2.24) is 10.3 Å². The summed E-state index contributed by atoms with van der Waals surface area (Å²) >= 11 is 1.74. The quantitative estimate of drug-likeness (QED) is 0.874. The second-order valence-electron chi connectivity index (χ2n) is 4.72. The molecule has 2 rings (SSSR count). The summed E-state index contributed by atoms with van der Waals surface area (Å²) in [5.74, 6) is 0. The molecule has 1 saturated heterocycles. The minimum Gasteiger partial charge on any atom is -0.381 e. The normalized spacial score (nSPS) is 25.9. The fraction of sp³-hybridized carbons (Fsp3) is 0.750. The molecule has 90 valence electrons. The molecule has 2 heterocycles. The van der Waals surface area contributed by atoms with Crippen molar-refractivity contribution in [2.75, 3.05) is 26.8 Å². The van der Waals surface area contributed by atoms with Gasteiger partial charge in [0.2, 0.25) is 0 Å². The van der Waals surface area contributed by atoms with Crippen LogP contribution in [0.3, 0.4) is 0 Å². The van der Waals surface area contributed by atoms with Crippen LogP contribution in [-0.2, 0) is 11.2 Å². The minimum atomic E-state index is 0.257. The first-order valence-corrected chi connectivity index (χ1v) is 6.75. The van der Waals surface area contributed by atoms with Gasteiger partial charge >= 0.3 is 0 Å². The average molecular weight is 240 g/mol. The van der Waals surface area contributed by atoms with E-state index < -0.39 is 0 Å². The van der Waals surface area contributed by atoms with Gasteiger partial charge in [-0.15, -0.1) is 11.3 Å². The molecule has 0 aromatic carbocycles. The molecular weight excluding hydrogens is 220 g/mol. The Hall–Kier alpha value is -0.450. The van der Waals surface area contributed by atoms with Gasteiger partial charge in [-0.1, -0.05) is 0 Å². The molecule has 1 N–H and O–H groups in total. The van der Waals surface area contributed by atoms with Crippen LogP contribution in [0.4, 0.5) is 0 Å². The van der Waals surface area contributed by atoms with Crippen molar-refractivity contribution in [3.8, 4) is 0 Å². The van der Waals surface area contributed by atoms with Gasteiger partial charge in [-0.3, -0.25) is 0 Å². The van der Waals surface area contributed by atoms with Crippen LogP contribution in [0.5, 0.6) is 0 Å². The number of ether oxygens (including phenoxy) is 1. The van der Waals surface area contributed by atoms with Gasteiger partial charge < -0.3 is 10.1 Å². The summed E-state index contributed by atoms with van der Waals surface area (Å²) in [4.78, 5) is 4.57. The molecule has 1 aliphatic rings. The van der Waals surface area contributed by atoms with Crippen LogP contribution >= 0.6 is 11.3 Å². The first-order chi connectivity index (χ1) is 7.74. The largest absolute Gasteiger partial charge is 0.381 e. The summed E-state index contributed by atoms with van der Waals surface area (Å²) in [7, 11) is 2.02. The summed E-state index contributed by atoms with van der Waals surface area (Å²) in [6.45, 7) is 4.87. The third-order valence-corrected chi connectivity index (χ3v) is 4.00. The van der Waals surface area contributed by atoms with Gasteiger partial charge in [-0.05, 0) is 33.2 Å². The number of nitrogens with zero attached hydrogens (tertiary/aromatic N) is 1. The lowest BCUT2D eigenvalue weighted by atomic mass is 9.78. The van der Waals surface area contributed by atoms with Gasteiger partial charge in [0.15, 0.2) is 0 Å². The number of hydrogen-bond donors (Lipinski definition) is 1. The third-order valence-electron chi connectivity index (χ3n) is 3.18. The molecule has 1 aromatic rings. The van der Waals surface area contributed by atoms with Crippen molar-refractivity contribution >= 4 is 11.3 Å². The van der Waals surface area contributed by atoms with E-state index in [4.69, 9.17) is 4.74 Å². The molecule has 0 radical (unpaired) electrons. The van der Waals surface area contributed by atoms with E-state index in [9.17, 15) is 0 Å². The smallest absolute Gasteiger partial charge is 0.0897 e. The molecule has 0 saturated carbocycles. The molecule has 0 aliphatic carbocycles. The zero-order valence-corrected chi connectivity index (χ0v) is 10.9. The highest BCUT2D eigenvalue weighted by molar-refractivity contribution is 7.09. The maximum atomic E-state index is 5.65. The molecule has 16 heavy (non-hydrogen) atoms. The van der Waals surface area contributed by atoms with Crippen molar-refractivity contribution in [2.24, 2.45) is 5.41 Å². The molecule has 0 bridgehead atoms. The lowest BCUT2D eigenvalue weighted by Crippen LogP contribution is -2.41. The van der Waals surface area contributed by atoms with Gasteiger partial charge in [-0.25, -0.2) is 4.98 Å². The van der Waals surface area contributed by atoms with Crippen LogP contribution in [0.15, 0.2) is 5.38 Å². The molecule has 3 nitrogen and oxygen atoms in total.